The van der Waals surface area contributed by atoms with Gasteiger partial charge in [0.1, 0.15) is 6.04 Å². The van der Waals surface area contributed by atoms with Crippen molar-refractivity contribution in [2.24, 2.45) is 11.7 Å². The SMILES string of the molecule is CC(=O)Oc1cc(C2=CN(C(C)=O)C(C(C)C)C(=O)N2CC(=O)[C@@](N)(Cc2ccccc2)C(=O)C(=O)O)cc(OC(C)=O)c1OC(C)=O. The Kier molecular flexibility index (Phi) is 11.3. The van der Waals surface area contributed by atoms with Gasteiger partial charge in [-0.2, -0.15) is 0 Å². The van der Waals surface area contributed by atoms with Crippen LogP contribution in [0.25, 0.3) is 5.70 Å². The topological polar surface area (TPSA) is 217 Å². The van der Waals surface area contributed by atoms with Crippen LogP contribution in [0.5, 0.6) is 17.2 Å². The zero-order valence-corrected chi connectivity index (χ0v) is 27.1. The monoisotopic (exact) mass is 665 g/mol. The van der Waals surface area contributed by atoms with Crippen molar-refractivity contribution >= 4 is 53.0 Å². The maximum absolute atomic E-state index is 14.2. The number of nitrogens with two attached hydrogens (primary N) is 1. The summed E-state index contributed by atoms with van der Waals surface area (Å²) >= 11 is 0. The van der Waals surface area contributed by atoms with Gasteiger partial charge < -0.3 is 34.9 Å². The molecule has 2 aromatic rings. The predicted molar refractivity (Wildman–Crippen MR) is 166 cm³/mol. The number of nitrogens with zero attached hydrogens (tertiary/aromatic N) is 2. The van der Waals surface area contributed by atoms with Crippen LogP contribution >= 0.6 is 0 Å². The highest BCUT2D eigenvalue weighted by Crippen LogP contribution is 2.43. The predicted octanol–water partition coefficient (Wildman–Crippen LogP) is 1.64. The van der Waals surface area contributed by atoms with E-state index in [1.807, 2.05) is 0 Å². The Morgan fingerprint density at radius 2 is 1.40 bits per heavy atom. The van der Waals surface area contributed by atoms with E-state index in [4.69, 9.17) is 19.9 Å². The fraction of sp³-hybridized carbons (Fsp3) is 0.333. The van der Waals surface area contributed by atoms with Gasteiger partial charge in [-0.05, 0) is 23.6 Å². The lowest BCUT2D eigenvalue weighted by Crippen LogP contribution is -2.63. The third kappa shape index (κ3) is 8.17. The number of amides is 2. The standard InChI is InChI=1S/C33H35N3O12/c1-17(2)28-31(43)36(16-27(41)33(34,30(42)32(44)45)14-22-10-8-7-9-11-22)24(15-35(28)18(3)37)23-12-25(46-19(4)38)29(48-21(6)40)26(13-23)47-20(5)39/h7-13,15,17,28H,14,16,34H2,1-6H3,(H,44,45)/t28?,33-/m0/s1. The number of carboxylic acids is 1. The Hall–Kier alpha value is -5.70. The summed E-state index contributed by atoms with van der Waals surface area (Å²) in [6, 6.07) is 9.07. The highest BCUT2D eigenvalue weighted by Gasteiger charge is 2.48. The number of benzene rings is 2. The minimum atomic E-state index is -2.63. The zero-order valence-electron chi connectivity index (χ0n) is 27.1. The first-order valence-corrected chi connectivity index (χ1v) is 14.6. The lowest BCUT2D eigenvalue weighted by atomic mass is 9.82. The fourth-order valence-electron chi connectivity index (χ4n) is 5.09. The van der Waals surface area contributed by atoms with Crippen molar-refractivity contribution in [3.63, 3.8) is 0 Å². The van der Waals surface area contributed by atoms with Crippen molar-refractivity contribution in [1.82, 2.24) is 9.80 Å². The van der Waals surface area contributed by atoms with Crippen LogP contribution in [0.1, 0.15) is 52.7 Å². The number of Topliss-reactive ketones (excluding diaryl/α,β-unsaturated/α-hetero) is 2. The molecule has 48 heavy (non-hydrogen) atoms. The molecule has 254 valence electrons. The molecule has 2 aromatic carbocycles. The number of hydrogen-bond donors (Lipinski definition) is 2. The first-order valence-electron chi connectivity index (χ1n) is 14.6. The normalized spacial score (nSPS) is 15.6. The molecule has 15 nitrogen and oxygen atoms in total. The van der Waals surface area contributed by atoms with E-state index in [1.54, 1.807) is 44.2 Å². The lowest BCUT2D eigenvalue weighted by Gasteiger charge is -2.41. The van der Waals surface area contributed by atoms with Crippen LogP contribution in [0, 0.1) is 5.92 Å². The summed E-state index contributed by atoms with van der Waals surface area (Å²) in [6.07, 6.45) is 0.711. The molecule has 0 fully saturated rings. The van der Waals surface area contributed by atoms with E-state index in [2.05, 4.69) is 0 Å². The molecule has 0 aliphatic carbocycles. The molecule has 2 amide bonds. The number of ketones is 2. The molecule has 1 aliphatic rings. The summed E-state index contributed by atoms with van der Waals surface area (Å²) in [7, 11) is 0. The number of ether oxygens (including phenoxy) is 3. The van der Waals surface area contributed by atoms with Crippen LogP contribution in [-0.2, 0) is 44.8 Å². The Morgan fingerprint density at radius 3 is 1.83 bits per heavy atom. The molecule has 3 N–H and O–H groups in total. The van der Waals surface area contributed by atoms with Gasteiger partial charge in [0, 0.05) is 45.9 Å². The Labute approximate surface area is 275 Å². The molecule has 0 aromatic heterocycles. The minimum absolute atomic E-state index is 0.0803. The smallest absolute Gasteiger partial charge is 0.374 e. The van der Waals surface area contributed by atoms with Crippen molar-refractivity contribution in [2.45, 2.75) is 59.5 Å². The van der Waals surface area contributed by atoms with E-state index in [0.29, 0.717) is 5.56 Å². The van der Waals surface area contributed by atoms with E-state index >= 15 is 0 Å². The number of rotatable bonds is 12. The molecule has 1 unspecified atom stereocenters. The molecule has 3 rings (SSSR count). The summed E-state index contributed by atoms with van der Waals surface area (Å²) in [4.78, 5) is 104. The molecule has 2 atom stereocenters. The van der Waals surface area contributed by atoms with Crippen LogP contribution < -0.4 is 19.9 Å². The minimum Gasteiger partial charge on any atom is -0.475 e. The Morgan fingerprint density at radius 1 is 0.875 bits per heavy atom. The molecule has 1 heterocycles. The number of aliphatic carboxylic acids is 1. The van der Waals surface area contributed by atoms with Gasteiger partial charge in [0.25, 0.3) is 11.7 Å². The van der Waals surface area contributed by atoms with Crippen molar-refractivity contribution in [3.8, 4) is 17.2 Å². The van der Waals surface area contributed by atoms with Gasteiger partial charge in [-0.3, -0.25) is 33.6 Å². The fourth-order valence-corrected chi connectivity index (χ4v) is 5.09. The van der Waals surface area contributed by atoms with Crippen LogP contribution in [0.3, 0.4) is 0 Å². The Bertz CT molecular complexity index is 1680. The first-order chi connectivity index (χ1) is 22.4. The number of carboxylic acid groups (broad SMARTS) is 1. The van der Waals surface area contributed by atoms with Crippen molar-refractivity contribution in [2.75, 3.05) is 6.54 Å². The Balaban J connectivity index is 2.31. The van der Waals surface area contributed by atoms with Crippen LogP contribution in [0.4, 0.5) is 0 Å². The number of hydrogen-bond acceptors (Lipinski definition) is 12. The molecule has 0 bridgehead atoms. The number of carbonyl (C=O) groups excluding carboxylic acids is 7. The lowest BCUT2D eigenvalue weighted by molar-refractivity contribution is -0.154. The second kappa shape index (κ2) is 14.8. The van der Waals surface area contributed by atoms with E-state index in [0.717, 1.165) is 42.7 Å². The van der Waals surface area contributed by atoms with E-state index in [-0.39, 0.29) is 11.3 Å². The maximum atomic E-state index is 14.2. The van der Waals surface area contributed by atoms with E-state index in [9.17, 15) is 43.5 Å². The number of esters is 3. The van der Waals surface area contributed by atoms with Gasteiger partial charge in [0.2, 0.25) is 11.7 Å². The average Bonchev–Trinajstić information content (AvgIpc) is 2.98. The molecule has 1 aliphatic heterocycles. The van der Waals surface area contributed by atoms with E-state index < -0.39 is 95.0 Å². The van der Waals surface area contributed by atoms with Crippen molar-refractivity contribution in [3.05, 3.63) is 59.8 Å². The molecule has 0 saturated heterocycles. The maximum Gasteiger partial charge on any atom is 0.374 e. The van der Waals surface area contributed by atoms with Gasteiger partial charge >= 0.3 is 23.9 Å². The molecule has 0 radical (unpaired) electrons. The van der Waals surface area contributed by atoms with Crippen molar-refractivity contribution in [1.29, 1.82) is 0 Å². The second-order valence-electron chi connectivity index (χ2n) is 11.3. The molecule has 0 saturated carbocycles. The van der Waals surface area contributed by atoms with Gasteiger partial charge in [-0.1, -0.05) is 44.2 Å². The summed E-state index contributed by atoms with van der Waals surface area (Å²) in [6.45, 7) is 6.69. The largest absolute Gasteiger partial charge is 0.475 e. The molecule has 0 spiro atoms. The van der Waals surface area contributed by atoms with Gasteiger partial charge in [0.05, 0.1) is 12.2 Å². The van der Waals surface area contributed by atoms with Crippen LogP contribution in [-0.4, -0.2) is 80.3 Å². The molecule has 15 heteroatoms. The van der Waals surface area contributed by atoms with E-state index in [1.165, 1.54) is 13.1 Å². The summed E-state index contributed by atoms with van der Waals surface area (Å²) < 4.78 is 15.6. The quantitative estimate of drug-likeness (QED) is 0.143. The number of carbonyl (C=O) groups is 8. The van der Waals surface area contributed by atoms with Crippen LogP contribution in [0.2, 0.25) is 0 Å². The highest BCUT2D eigenvalue weighted by molar-refractivity contribution is 6.42. The van der Waals surface area contributed by atoms with Gasteiger partial charge in [-0.25, -0.2) is 4.79 Å². The average molecular weight is 666 g/mol. The third-order valence-corrected chi connectivity index (χ3v) is 7.16. The highest BCUT2D eigenvalue weighted by atomic mass is 16.6. The second-order valence-corrected chi connectivity index (χ2v) is 11.3. The first kappa shape index (κ1) is 36.8. The summed E-state index contributed by atoms with van der Waals surface area (Å²) in [5.41, 5.74) is 3.76. The molecular formula is C33H35N3O12. The van der Waals surface area contributed by atoms with Crippen molar-refractivity contribution < 1.29 is 57.7 Å². The third-order valence-electron chi connectivity index (χ3n) is 7.16. The van der Waals surface area contributed by atoms with Gasteiger partial charge in [-0.15, -0.1) is 0 Å². The molecular weight excluding hydrogens is 630 g/mol. The zero-order chi connectivity index (χ0) is 36.1. The van der Waals surface area contributed by atoms with Crippen LogP contribution in [0.15, 0.2) is 48.7 Å². The summed E-state index contributed by atoms with van der Waals surface area (Å²) in [5, 5.41) is 9.60. The summed E-state index contributed by atoms with van der Waals surface area (Å²) in [5.74, 6) is -10.5. The van der Waals surface area contributed by atoms with Gasteiger partial charge in [0.15, 0.2) is 22.8 Å².